The molecule has 0 radical (unpaired) electrons. The zero-order valence-electron chi connectivity index (χ0n) is 14.4. The van der Waals surface area contributed by atoms with Gasteiger partial charge in [0.2, 0.25) is 0 Å². The number of nitrogens with zero attached hydrogens (tertiary/aromatic N) is 3. The lowest BCUT2D eigenvalue weighted by Gasteiger charge is -2.44. The van der Waals surface area contributed by atoms with E-state index in [0.717, 1.165) is 57.8 Å². The molecule has 2 fully saturated rings. The van der Waals surface area contributed by atoms with E-state index in [1.165, 1.54) is 12.1 Å². The SMILES string of the molecule is CN1CCN([C@@H]2CCN(C/C=C/c3ccc(F)cc3)C[C@H]2O)CC1. The Labute approximate surface area is 144 Å². The third-order valence-corrected chi connectivity index (χ3v) is 5.18. The maximum atomic E-state index is 12.9. The quantitative estimate of drug-likeness (QED) is 0.905. The Bertz CT molecular complexity index is 540. The second-order valence-electron chi connectivity index (χ2n) is 6.98. The van der Waals surface area contributed by atoms with Gasteiger partial charge in [-0.3, -0.25) is 9.80 Å². The van der Waals surface area contributed by atoms with Gasteiger partial charge in [0.1, 0.15) is 5.82 Å². The number of hydrogen-bond acceptors (Lipinski definition) is 4. The molecule has 1 aromatic carbocycles. The van der Waals surface area contributed by atoms with Gasteiger partial charge in [-0.15, -0.1) is 0 Å². The highest BCUT2D eigenvalue weighted by Gasteiger charge is 2.32. The van der Waals surface area contributed by atoms with E-state index in [-0.39, 0.29) is 11.9 Å². The minimum Gasteiger partial charge on any atom is -0.390 e. The lowest BCUT2D eigenvalue weighted by molar-refractivity contribution is -0.0239. The molecule has 24 heavy (non-hydrogen) atoms. The number of β-amino-alcohol motifs (C(OH)–C–C–N with tert-alkyl or cyclic N) is 1. The fourth-order valence-corrected chi connectivity index (χ4v) is 3.64. The molecule has 2 saturated heterocycles. The number of rotatable bonds is 4. The summed E-state index contributed by atoms with van der Waals surface area (Å²) in [6.07, 6.45) is 4.85. The van der Waals surface area contributed by atoms with Crippen molar-refractivity contribution in [1.29, 1.82) is 0 Å². The van der Waals surface area contributed by atoms with Gasteiger partial charge in [-0.2, -0.15) is 0 Å². The Morgan fingerprint density at radius 1 is 1.12 bits per heavy atom. The molecular weight excluding hydrogens is 305 g/mol. The summed E-state index contributed by atoms with van der Waals surface area (Å²) < 4.78 is 12.9. The minimum atomic E-state index is -0.277. The maximum absolute atomic E-state index is 12.9. The van der Waals surface area contributed by atoms with E-state index in [9.17, 15) is 9.50 Å². The Morgan fingerprint density at radius 3 is 2.50 bits per heavy atom. The lowest BCUT2D eigenvalue weighted by atomic mass is 9.99. The Kier molecular flexibility index (Phi) is 6.00. The largest absolute Gasteiger partial charge is 0.390 e. The smallest absolute Gasteiger partial charge is 0.123 e. The zero-order chi connectivity index (χ0) is 16.9. The number of piperidine rings is 1. The first-order valence-electron chi connectivity index (χ1n) is 8.87. The van der Waals surface area contributed by atoms with Crippen molar-refractivity contribution < 1.29 is 9.50 Å². The number of aliphatic hydroxyl groups is 1. The molecule has 4 nitrogen and oxygen atoms in total. The molecule has 0 spiro atoms. The molecule has 2 aliphatic rings. The molecule has 0 unspecified atom stereocenters. The van der Waals surface area contributed by atoms with Gasteiger partial charge in [-0.1, -0.05) is 24.3 Å². The summed E-state index contributed by atoms with van der Waals surface area (Å²) in [5.74, 6) is -0.207. The molecule has 2 aliphatic heterocycles. The van der Waals surface area contributed by atoms with Crippen LogP contribution in [0.5, 0.6) is 0 Å². The first kappa shape index (κ1) is 17.5. The predicted octanol–water partition coefficient (Wildman–Crippen LogP) is 1.52. The van der Waals surface area contributed by atoms with Gasteiger partial charge in [0, 0.05) is 51.9 Å². The van der Waals surface area contributed by atoms with Crippen molar-refractivity contribution in [2.24, 2.45) is 0 Å². The topological polar surface area (TPSA) is 30.0 Å². The normalized spacial score (nSPS) is 27.8. The summed E-state index contributed by atoms with van der Waals surface area (Å²) in [7, 11) is 2.16. The van der Waals surface area contributed by atoms with Gasteiger partial charge in [0.25, 0.3) is 0 Å². The van der Waals surface area contributed by atoms with Crippen molar-refractivity contribution >= 4 is 6.08 Å². The highest BCUT2D eigenvalue weighted by atomic mass is 19.1. The second-order valence-corrected chi connectivity index (χ2v) is 6.98. The third-order valence-electron chi connectivity index (χ3n) is 5.18. The highest BCUT2D eigenvalue weighted by Crippen LogP contribution is 2.19. The van der Waals surface area contributed by atoms with E-state index in [1.807, 2.05) is 6.08 Å². The first-order valence-corrected chi connectivity index (χ1v) is 8.87. The van der Waals surface area contributed by atoms with Crippen LogP contribution < -0.4 is 0 Å². The van der Waals surface area contributed by atoms with Crippen molar-refractivity contribution in [3.8, 4) is 0 Å². The highest BCUT2D eigenvalue weighted by molar-refractivity contribution is 5.48. The number of benzene rings is 1. The van der Waals surface area contributed by atoms with E-state index >= 15 is 0 Å². The molecule has 0 amide bonds. The van der Waals surface area contributed by atoms with Crippen LogP contribution >= 0.6 is 0 Å². The summed E-state index contributed by atoms with van der Waals surface area (Å²) in [5, 5.41) is 10.5. The van der Waals surface area contributed by atoms with Crippen LogP contribution in [0.2, 0.25) is 0 Å². The van der Waals surface area contributed by atoms with E-state index in [1.54, 1.807) is 12.1 Å². The molecule has 1 N–H and O–H groups in total. The Hall–Kier alpha value is -1.27. The minimum absolute atomic E-state index is 0.207. The van der Waals surface area contributed by atoms with E-state index in [2.05, 4.69) is 27.8 Å². The van der Waals surface area contributed by atoms with Crippen molar-refractivity contribution in [2.75, 3.05) is 52.9 Å². The van der Waals surface area contributed by atoms with Gasteiger partial charge in [0.15, 0.2) is 0 Å². The molecule has 0 aromatic heterocycles. The Balaban J connectivity index is 1.46. The maximum Gasteiger partial charge on any atom is 0.123 e. The van der Waals surface area contributed by atoms with Crippen LogP contribution in [0.3, 0.4) is 0 Å². The molecule has 2 heterocycles. The van der Waals surface area contributed by atoms with Crippen molar-refractivity contribution in [3.63, 3.8) is 0 Å². The van der Waals surface area contributed by atoms with Gasteiger partial charge in [-0.05, 0) is 31.2 Å². The van der Waals surface area contributed by atoms with Crippen LogP contribution in [0, 0.1) is 5.82 Å². The van der Waals surface area contributed by atoms with Crippen LogP contribution in [0.15, 0.2) is 30.3 Å². The van der Waals surface area contributed by atoms with E-state index in [0.29, 0.717) is 6.04 Å². The molecule has 132 valence electrons. The van der Waals surface area contributed by atoms with Crippen LogP contribution in [0.25, 0.3) is 6.08 Å². The van der Waals surface area contributed by atoms with Crippen molar-refractivity contribution in [1.82, 2.24) is 14.7 Å². The number of aliphatic hydroxyl groups excluding tert-OH is 1. The average Bonchev–Trinajstić information content (AvgIpc) is 2.58. The van der Waals surface area contributed by atoms with Crippen LogP contribution in [0.4, 0.5) is 4.39 Å². The predicted molar refractivity (Wildman–Crippen MR) is 95.4 cm³/mol. The van der Waals surface area contributed by atoms with E-state index < -0.39 is 0 Å². The van der Waals surface area contributed by atoms with E-state index in [4.69, 9.17) is 0 Å². The summed E-state index contributed by atoms with van der Waals surface area (Å²) in [6.45, 7) is 6.86. The molecule has 2 atom stereocenters. The van der Waals surface area contributed by atoms with Crippen LogP contribution in [-0.4, -0.2) is 84.8 Å². The van der Waals surface area contributed by atoms with Crippen molar-refractivity contribution in [3.05, 3.63) is 41.7 Å². The summed E-state index contributed by atoms with van der Waals surface area (Å²) in [4.78, 5) is 7.09. The van der Waals surface area contributed by atoms with Gasteiger partial charge >= 0.3 is 0 Å². The standard InChI is InChI=1S/C19H28FN3O/c1-21-11-13-23(14-12-21)18-8-10-22(15-19(18)24)9-2-3-16-4-6-17(20)7-5-16/h2-7,18-19,24H,8-15H2,1H3/b3-2+/t18-,19-/m1/s1. The third kappa shape index (κ3) is 4.63. The van der Waals surface area contributed by atoms with Gasteiger partial charge in [0.05, 0.1) is 6.10 Å². The van der Waals surface area contributed by atoms with Crippen LogP contribution in [-0.2, 0) is 0 Å². The molecule has 0 bridgehead atoms. The molecule has 1 aromatic rings. The molecule has 5 heteroatoms. The molecule has 0 saturated carbocycles. The second kappa shape index (κ2) is 8.21. The summed E-state index contributed by atoms with van der Waals surface area (Å²) in [5.41, 5.74) is 1.00. The molecular formula is C19H28FN3O. The number of piperazine rings is 1. The summed E-state index contributed by atoms with van der Waals surface area (Å²) >= 11 is 0. The summed E-state index contributed by atoms with van der Waals surface area (Å²) in [6, 6.07) is 6.81. The number of likely N-dealkylation sites (tertiary alicyclic amines) is 1. The lowest BCUT2D eigenvalue weighted by Crippen LogP contribution is -2.58. The van der Waals surface area contributed by atoms with Gasteiger partial charge < -0.3 is 10.0 Å². The van der Waals surface area contributed by atoms with Gasteiger partial charge in [-0.25, -0.2) is 4.39 Å². The average molecular weight is 333 g/mol. The van der Waals surface area contributed by atoms with Crippen molar-refractivity contribution in [2.45, 2.75) is 18.6 Å². The molecule has 0 aliphatic carbocycles. The fraction of sp³-hybridized carbons (Fsp3) is 0.579. The zero-order valence-corrected chi connectivity index (χ0v) is 14.4. The first-order chi connectivity index (χ1) is 11.6. The van der Waals surface area contributed by atoms with Crippen LogP contribution in [0.1, 0.15) is 12.0 Å². The molecule has 3 rings (SSSR count). The Morgan fingerprint density at radius 2 is 1.83 bits per heavy atom. The monoisotopic (exact) mass is 333 g/mol. The fourth-order valence-electron chi connectivity index (χ4n) is 3.64. The number of likely N-dealkylation sites (N-methyl/N-ethyl adjacent to an activating group) is 1. The number of halogens is 1. The number of hydrogen-bond donors (Lipinski definition) is 1.